The number of amides is 1. The summed E-state index contributed by atoms with van der Waals surface area (Å²) < 4.78 is 39.4. The van der Waals surface area contributed by atoms with Crippen molar-refractivity contribution in [2.24, 2.45) is 0 Å². The third-order valence-electron chi connectivity index (χ3n) is 1.85. The molecule has 0 fully saturated rings. The van der Waals surface area contributed by atoms with E-state index in [0.717, 1.165) is 0 Å². The second kappa shape index (κ2) is 5.67. The molecule has 0 saturated carbocycles. The van der Waals surface area contributed by atoms with E-state index in [9.17, 15) is 18.0 Å². The molecule has 0 aliphatic heterocycles. The standard InChI is InChI=1S/C10H8Cl2F3NO2/c1-5-2-7(12)8(3-6(5)11)16-9(17)18-4-10(13,14)15/h2-3H,4H2,1H3,(H,16,17). The van der Waals surface area contributed by atoms with Gasteiger partial charge in [-0.1, -0.05) is 23.2 Å². The molecule has 0 saturated heterocycles. The van der Waals surface area contributed by atoms with E-state index in [-0.39, 0.29) is 10.7 Å². The minimum absolute atomic E-state index is 0.0828. The van der Waals surface area contributed by atoms with Crippen LogP contribution in [0.2, 0.25) is 10.0 Å². The normalized spacial score (nSPS) is 11.2. The monoisotopic (exact) mass is 301 g/mol. The summed E-state index contributed by atoms with van der Waals surface area (Å²) in [7, 11) is 0. The molecule has 0 heterocycles. The van der Waals surface area contributed by atoms with Crippen molar-refractivity contribution in [2.45, 2.75) is 13.1 Å². The van der Waals surface area contributed by atoms with E-state index >= 15 is 0 Å². The molecule has 1 N–H and O–H groups in total. The third-order valence-corrected chi connectivity index (χ3v) is 2.57. The number of benzene rings is 1. The van der Waals surface area contributed by atoms with Crippen LogP contribution >= 0.6 is 23.2 Å². The van der Waals surface area contributed by atoms with E-state index < -0.39 is 18.9 Å². The van der Waals surface area contributed by atoms with Crippen LogP contribution in [-0.4, -0.2) is 18.9 Å². The topological polar surface area (TPSA) is 38.3 Å². The van der Waals surface area contributed by atoms with Gasteiger partial charge in [0.05, 0.1) is 10.7 Å². The first-order chi connectivity index (χ1) is 8.19. The number of carbonyl (C=O) groups is 1. The zero-order chi connectivity index (χ0) is 13.9. The maximum Gasteiger partial charge on any atom is 0.422 e. The smallest absolute Gasteiger partial charge is 0.422 e. The molecule has 0 unspecified atom stereocenters. The summed E-state index contributed by atoms with van der Waals surface area (Å²) in [6.45, 7) is 0.0238. The Morgan fingerprint density at radius 3 is 2.50 bits per heavy atom. The second-order valence-corrected chi connectivity index (χ2v) is 4.21. The Labute approximate surface area is 111 Å². The van der Waals surface area contributed by atoms with Crippen molar-refractivity contribution in [2.75, 3.05) is 11.9 Å². The summed E-state index contributed by atoms with van der Waals surface area (Å²) in [4.78, 5) is 11.1. The van der Waals surface area contributed by atoms with Crippen LogP contribution in [0, 0.1) is 6.92 Å². The molecule has 3 nitrogen and oxygen atoms in total. The van der Waals surface area contributed by atoms with Crippen molar-refractivity contribution >= 4 is 35.0 Å². The van der Waals surface area contributed by atoms with Crippen LogP contribution in [0.1, 0.15) is 5.56 Å². The van der Waals surface area contributed by atoms with Gasteiger partial charge in [0, 0.05) is 5.02 Å². The third kappa shape index (κ3) is 4.62. The van der Waals surface area contributed by atoms with Crippen molar-refractivity contribution in [3.63, 3.8) is 0 Å². The highest BCUT2D eigenvalue weighted by Crippen LogP contribution is 2.29. The van der Waals surface area contributed by atoms with Crippen LogP contribution < -0.4 is 5.32 Å². The van der Waals surface area contributed by atoms with E-state index in [4.69, 9.17) is 23.2 Å². The minimum Gasteiger partial charge on any atom is -0.440 e. The summed E-state index contributed by atoms with van der Waals surface area (Å²) in [6.07, 6.45) is -5.83. The average Bonchev–Trinajstić information content (AvgIpc) is 2.22. The molecule has 0 aliphatic rings. The fourth-order valence-corrected chi connectivity index (χ4v) is 1.46. The lowest BCUT2D eigenvalue weighted by Gasteiger charge is -2.11. The Morgan fingerprint density at radius 2 is 1.94 bits per heavy atom. The highest BCUT2D eigenvalue weighted by Gasteiger charge is 2.29. The van der Waals surface area contributed by atoms with Crippen molar-refractivity contribution in [1.82, 2.24) is 0 Å². The summed E-state index contributed by atoms with van der Waals surface area (Å²) in [5, 5.41) is 2.55. The highest BCUT2D eigenvalue weighted by atomic mass is 35.5. The molecule has 0 aliphatic carbocycles. The SMILES string of the molecule is Cc1cc(Cl)c(NC(=O)OCC(F)(F)F)cc1Cl. The number of nitrogens with one attached hydrogen (secondary N) is 1. The van der Waals surface area contributed by atoms with Gasteiger partial charge in [-0.2, -0.15) is 13.2 Å². The number of hydrogen-bond acceptors (Lipinski definition) is 2. The predicted molar refractivity (Wildman–Crippen MR) is 62.2 cm³/mol. The predicted octanol–water partition coefficient (Wildman–Crippen LogP) is 4.41. The maximum absolute atomic E-state index is 11.8. The van der Waals surface area contributed by atoms with E-state index in [1.54, 1.807) is 6.92 Å². The fraction of sp³-hybridized carbons (Fsp3) is 0.300. The molecule has 18 heavy (non-hydrogen) atoms. The quantitative estimate of drug-likeness (QED) is 0.878. The molecular weight excluding hydrogens is 294 g/mol. The van der Waals surface area contributed by atoms with Gasteiger partial charge in [-0.25, -0.2) is 4.79 Å². The molecule has 1 rings (SSSR count). The molecule has 0 atom stereocenters. The van der Waals surface area contributed by atoms with Crippen molar-refractivity contribution < 1.29 is 22.7 Å². The number of rotatable bonds is 2. The van der Waals surface area contributed by atoms with Gasteiger partial charge in [-0.3, -0.25) is 5.32 Å². The van der Waals surface area contributed by atoms with Crippen molar-refractivity contribution in [3.05, 3.63) is 27.7 Å². The van der Waals surface area contributed by atoms with Crippen molar-refractivity contribution in [3.8, 4) is 0 Å². The molecule has 100 valence electrons. The van der Waals surface area contributed by atoms with Crippen LogP contribution in [0.3, 0.4) is 0 Å². The van der Waals surface area contributed by atoms with Crippen molar-refractivity contribution in [1.29, 1.82) is 0 Å². The molecule has 0 radical (unpaired) electrons. The van der Waals surface area contributed by atoms with Gasteiger partial charge < -0.3 is 4.74 Å². The van der Waals surface area contributed by atoms with Crippen LogP contribution in [0.4, 0.5) is 23.7 Å². The van der Waals surface area contributed by atoms with E-state index in [1.165, 1.54) is 12.1 Å². The zero-order valence-electron chi connectivity index (χ0n) is 9.07. The van der Waals surface area contributed by atoms with Crippen LogP contribution in [0.15, 0.2) is 12.1 Å². The van der Waals surface area contributed by atoms with Gasteiger partial charge in [0.15, 0.2) is 6.61 Å². The van der Waals surface area contributed by atoms with E-state index in [0.29, 0.717) is 10.6 Å². The lowest BCUT2D eigenvalue weighted by atomic mass is 10.2. The first-order valence-electron chi connectivity index (χ1n) is 4.65. The Balaban J connectivity index is 2.68. The van der Waals surface area contributed by atoms with E-state index in [1.807, 2.05) is 0 Å². The fourth-order valence-electron chi connectivity index (χ4n) is 1.04. The number of anilines is 1. The number of carbonyl (C=O) groups excluding carboxylic acids is 1. The molecule has 1 amide bonds. The number of aryl methyl sites for hydroxylation is 1. The lowest BCUT2D eigenvalue weighted by Crippen LogP contribution is -2.23. The Morgan fingerprint density at radius 1 is 1.33 bits per heavy atom. The Hall–Kier alpha value is -1.14. The zero-order valence-corrected chi connectivity index (χ0v) is 10.6. The summed E-state index contributed by atoms with van der Waals surface area (Å²) in [6, 6.07) is 2.80. The van der Waals surface area contributed by atoms with Gasteiger partial charge in [-0.15, -0.1) is 0 Å². The highest BCUT2D eigenvalue weighted by molar-refractivity contribution is 6.36. The second-order valence-electron chi connectivity index (χ2n) is 3.40. The summed E-state index contributed by atoms with van der Waals surface area (Å²) >= 11 is 11.6. The molecule has 0 bridgehead atoms. The largest absolute Gasteiger partial charge is 0.440 e. The van der Waals surface area contributed by atoms with Crippen LogP contribution in [0.5, 0.6) is 0 Å². The van der Waals surface area contributed by atoms with Gasteiger partial charge >= 0.3 is 12.3 Å². The van der Waals surface area contributed by atoms with Crippen LogP contribution in [0.25, 0.3) is 0 Å². The van der Waals surface area contributed by atoms with Crippen LogP contribution in [-0.2, 0) is 4.74 Å². The maximum atomic E-state index is 11.8. The average molecular weight is 302 g/mol. The Bertz CT molecular complexity index is 463. The first-order valence-corrected chi connectivity index (χ1v) is 5.41. The summed E-state index contributed by atoms with van der Waals surface area (Å²) in [5.41, 5.74) is 0.760. The number of ether oxygens (including phenoxy) is 1. The van der Waals surface area contributed by atoms with Gasteiger partial charge in [0.25, 0.3) is 0 Å². The molecule has 0 aromatic heterocycles. The molecule has 0 spiro atoms. The molecular formula is C10H8Cl2F3NO2. The number of alkyl halides is 3. The minimum atomic E-state index is -4.58. The Kier molecular flexibility index (Phi) is 4.70. The molecule has 1 aromatic carbocycles. The van der Waals surface area contributed by atoms with Gasteiger partial charge in [0.2, 0.25) is 0 Å². The number of hydrogen-bond donors (Lipinski definition) is 1. The molecule has 8 heteroatoms. The number of halogens is 5. The lowest BCUT2D eigenvalue weighted by molar-refractivity contribution is -0.159. The van der Waals surface area contributed by atoms with Gasteiger partial charge in [-0.05, 0) is 24.6 Å². The first kappa shape index (κ1) is 14.9. The molecule has 1 aromatic rings. The summed E-state index contributed by atoms with van der Waals surface area (Å²) in [5.74, 6) is 0. The van der Waals surface area contributed by atoms with E-state index in [2.05, 4.69) is 10.1 Å². The van der Waals surface area contributed by atoms with Gasteiger partial charge in [0.1, 0.15) is 0 Å².